The first kappa shape index (κ1) is 20.7. The van der Waals surface area contributed by atoms with Gasteiger partial charge in [0.05, 0.1) is 18.8 Å². The molecule has 0 amide bonds. The Morgan fingerprint density at radius 2 is 1.93 bits per heavy atom. The Balaban J connectivity index is 1.68. The number of carbonyl (C=O) groups excluding carboxylic acids is 1. The zero-order valence-electron chi connectivity index (χ0n) is 18.3. The van der Waals surface area contributed by atoms with Crippen molar-refractivity contribution in [2.75, 3.05) is 7.11 Å². The van der Waals surface area contributed by atoms with Crippen LogP contribution in [0.15, 0.2) is 12.1 Å². The fraction of sp³-hybridized carbons (Fsp3) is 0.682. The van der Waals surface area contributed by atoms with E-state index < -0.39 is 30.1 Å². The van der Waals surface area contributed by atoms with E-state index in [4.69, 9.17) is 18.8 Å². The summed E-state index contributed by atoms with van der Waals surface area (Å²) in [5, 5.41) is 0. The molecule has 4 aliphatic rings. The van der Waals surface area contributed by atoms with E-state index in [1.807, 2.05) is 0 Å². The van der Waals surface area contributed by atoms with Crippen molar-refractivity contribution in [1.29, 1.82) is 0 Å². The van der Waals surface area contributed by atoms with Crippen LogP contribution in [-0.4, -0.2) is 37.5 Å². The molecule has 158 valence electrons. The van der Waals surface area contributed by atoms with Gasteiger partial charge in [-0.3, -0.25) is 0 Å². The van der Waals surface area contributed by atoms with Gasteiger partial charge < -0.3 is 18.8 Å². The minimum Gasteiger partial charge on any atom is -0.496 e. The van der Waals surface area contributed by atoms with Crippen LogP contribution in [0.4, 0.5) is 4.39 Å². The van der Waals surface area contributed by atoms with Crippen molar-refractivity contribution >= 4 is 18.6 Å². The summed E-state index contributed by atoms with van der Waals surface area (Å²) in [6, 6.07) is 2.82. The van der Waals surface area contributed by atoms with Crippen molar-refractivity contribution in [3.8, 4) is 5.75 Å². The average molecular weight is 404 g/mol. The molecule has 1 unspecified atom stereocenters. The summed E-state index contributed by atoms with van der Waals surface area (Å²) >= 11 is 0. The molecule has 1 aromatic rings. The molecule has 0 N–H and O–H groups in total. The molecule has 1 aliphatic heterocycles. The lowest BCUT2D eigenvalue weighted by molar-refractivity contribution is -0.199. The molecule has 1 saturated heterocycles. The van der Waals surface area contributed by atoms with Gasteiger partial charge in [-0.25, -0.2) is 9.18 Å². The summed E-state index contributed by atoms with van der Waals surface area (Å²) in [7, 11) is 0.701. The van der Waals surface area contributed by atoms with Crippen LogP contribution in [0.3, 0.4) is 0 Å². The van der Waals surface area contributed by atoms with Gasteiger partial charge in [-0.05, 0) is 63.9 Å². The molecule has 0 radical (unpaired) electrons. The minimum atomic E-state index is -0.765. The molecule has 3 aliphatic carbocycles. The summed E-state index contributed by atoms with van der Waals surface area (Å²) < 4.78 is 38.2. The van der Waals surface area contributed by atoms with Gasteiger partial charge in [0.1, 0.15) is 22.7 Å². The number of methoxy groups -OCH3 is 1. The number of halogens is 1. The van der Waals surface area contributed by atoms with Gasteiger partial charge >= 0.3 is 13.1 Å². The highest BCUT2D eigenvalue weighted by atomic mass is 19.1. The molecular weight excluding hydrogens is 374 g/mol. The molecule has 3 saturated carbocycles. The van der Waals surface area contributed by atoms with Crippen LogP contribution < -0.4 is 10.2 Å². The largest absolute Gasteiger partial charge is 0.498 e. The van der Waals surface area contributed by atoms with Crippen LogP contribution in [-0.2, 0) is 14.0 Å². The summed E-state index contributed by atoms with van der Waals surface area (Å²) in [5.74, 6) is -0.317. The maximum absolute atomic E-state index is 14.6. The lowest BCUT2D eigenvalue weighted by atomic mass is 9.43. The lowest BCUT2D eigenvalue weighted by Crippen LogP contribution is -2.65. The van der Waals surface area contributed by atoms with Gasteiger partial charge in [-0.2, -0.15) is 0 Å². The van der Waals surface area contributed by atoms with Gasteiger partial charge in [0.2, 0.25) is 0 Å². The number of ether oxygens (including phenoxy) is 2. The molecule has 5 nitrogen and oxygen atoms in total. The van der Waals surface area contributed by atoms with E-state index in [9.17, 15) is 9.18 Å². The molecular formula is C22H30BFO5. The van der Waals surface area contributed by atoms with Crippen molar-refractivity contribution in [2.24, 2.45) is 17.3 Å². The molecule has 4 atom stereocenters. The van der Waals surface area contributed by atoms with Gasteiger partial charge in [0.25, 0.3) is 0 Å². The zero-order valence-corrected chi connectivity index (χ0v) is 18.3. The third-order valence-electron chi connectivity index (χ3n) is 7.15. The first-order valence-corrected chi connectivity index (χ1v) is 10.3. The van der Waals surface area contributed by atoms with Crippen LogP contribution in [0, 0.1) is 23.1 Å². The topological polar surface area (TPSA) is 54.0 Å². The molecule has 0 aromatic heterocycles. The highest BCUT2D eigenvalue weighted by molar-refractivity contribution is 6.63. The minimum absolute atomic E-state index is 0.0241. The molecule has 0 spiro atoms. The van der Waals surface area contributed by atoms with E-state index in [0.717, 1.165) is 12.8 Å². The molecule has 1 heterocycles. The standard InChI is InChI=1S/C22H30BFO5/c1-20(2,3)27-19(25)17-14(24)9-8-13(18(17)26-7)23-28-16-11-12-10-15(21(12,4)5)22(16,6)29-23/h8-9,12,15-16H,10-11H2,1-7H3/t12-,15-,16?,22-/m0/s1. The number of rotatable bonds is 3. The van der Waals surface area contributed by atoms with Gasteiger partial charge in [0.15, 0.2) is 0 Å². The quantitative estimate of drug-likeness (QED) is 0.568. The molecule has 7 heteroatoms. The van der Waals surface area contributed by atoms with Crippen LogP contribution >= 0.6 is 0 Å². The van der Waals surface area contributed by atoms with Crippen molar-refractivity contribution < 1.29 is 28.0 Å². The van der Waals surface area contributed by atoms with Gasteiger partial charge in [0, 0.05) is 5.46 Å². The average Bonchev–Trinajstić information content (AvgIpc) is 2.96. The number of esters is 1. The van der Waals surface area contributed by atoms with E-state index in [1.165, 1.54) is 13.2 Å². The van der Waals surface area contributed by atoms with Gasteiger partial charge in [-0.1, -0.05) is 19.9 Å². The first-order valence-electron chi connectivity index (χ1n) is 10.3. The monoisotopic (exact) mass is 404 g/mol. The Morgan fingerprint density at radius 3 is 2.52 bits per heavy atom. The Kier molecular flexibility index (Phi) is 4.60. The predicted octanol–water partition coefficient (Wildman–Crippen LogP) is 3.72. The van der Waals surface area contributed by atoms with Crippen molar-refractivity contribution in [3.63, 3.8) is 0 Å². The van der Waals surface area contributed by atoms with E-state index in [0.29, 0.717) is 17.3 Å². The molecule has 1 aromatic carbocycles. The van der Waals surface area contributed by atoms with E-state index >= 15 is 0 Å². The molecule has 29 heavy (non-hydrogen) atoms. The second kappa shape index (κ2) is 6.45. The van der Waals surface area contributed by atoms with Crippen LogP contribution in [0.2, 0.25) is 0 Å². The molecule has 4 fully saturated rings. The summed E-state index contributed by atoms with van der Waals surface area (Å²) in [6.45, 7) is 11.9. The number of carbonyl (C=O) groups is 1. The number of hydrogen-bond donors (Lipinski definition) is 0. The first-order chi connectivity index (χ1) is 13.4. The Labute approximate surface area is 172 Å². The second-order valence-electron chi connectivity index (χ2n) is 10.3. The zero-order chi connectivity index (χ0) is 21.4. The Hall–Kier alpha value is -1.60. The Bertz CT molecular complexity index is 848. The Morgan fingerprint density at radius 1 is 1.24 bits per heavy atom. The van der Waals surface area contributed by atoms with Gasteiger partial charge in [-0.15, -0.1) is 0 Å². The SMILES string of the molecule is COc1c(B2OC3C[C@@H]4C[C@@H](C4(C)C)[C@]3(C)O2)ccc(F)c1C(=O)OC(C)(C)C. The lowest BCUT2D eigenvalue weighted by Gasteiger charge is -2.64. The van der Waals surface area contributed by atoms with E-state index in [-0.39, 0.29) is 22.8 Å². The van der Waals surface area contributed by atoms with Crippen LogP contribution in [0.5, 0.6) is 5.75 Å². The fourth-order valence-electron chi connectivity index (χ4n) is 5.50. The third kappa shape index (κ3) is 3.08. The summed E-state index contributed by atoms with van der Waals surface area (Å²) in [5.41, 5.74) is -0.649. The maximum Gasteiger partial charge on any atom is 0.498 e. The summed E-state index contributed by atoms with van der Waals surface area (Å²) in [6.07, 6.45) is 2.06. The summed E-state index contributed by atoms with van der Waals surface area (Å²) in [4.78, 5) is 12.7. The van der Waals surface area contributed by atoms with Crippen molar-refractivity contribution in [3.05, 3.63) is 23.5 Å². The predicted molar refractivity (Wildman–Crippen MR) is 108 cm³/mol. The third-order valence-corrected chi connectivity index (χ3v) is 7.15. The maximum atomic E-state index is 14.6. The normalized spacial score (nSPS) is 32.4. The van der Waals surface area contributed by atoms with Crippen molar-refractivity contribution in [2.45, 2.75) is 71.7 Å². The number of benzene rings is 1. The van der Waals surface area contributed by atoms with Crippen LogP contribution in [0.25, 0.3) is 0 Å². The molecule has 2 bridgehead atoms. The number of hydrogen-bond acceptors (Lipinski definition) is 5. The second-order valence-corrected chi connectivity index (χ2v) is 10.3. The highest BCUT2D eigenvalue weighted by Crippen LogP contribution is 2.65. The van der Waals surface area contributed by atoms with Crippen LogP contribution in [0.1, 0.15) is 64.7 Å². The fourth-order valence-corrected chi connectivity index (χ4v) is 5.50. The van der Waals surface area contributed by atoms with E-state index in [2.05, 4.69) is 20.8 Å². The van der Waals surface area contributed by atoms with Crippen molar-refractivity contribution in [1.82, 2.24) is 0 Å². The van der Waals surface area contributed by atoms with E-state index in [1.54, 1.807) is 26.8 Å². The molecule has 5 rings (SSSR count). The smallest absolute Gasteiger partial charge is 0.496 e. The highest BCUT2D eigenvalue weighted by Gasteiger charge is 2.68.